The molecule has 0 atom stereocenters. The summed E-state index contributed by atoms with van der Waals surface area (Å²) in [6.45, 7) is 4.77. The van der Waals surface area contributed by atoms with Gasteiger partial charge in [0.15, 0.2) is 0 Å². The normalized spacial score (nSPS) is 10.9. The summed E-state index contributed by atoms with van der Waals surface area (Å²) in [6.07, 6.45) is 0. The second-order valence-corrected chi connectivity index (χ2v) is 6.89. The standard InChI is InChI=1S/C20H21ClN2O4/c1-12-14(21)9-7-11-15(12)22-18(25)20(2,3)19(26)23-16-10-6-5-8-13(16)17(24)27-4/h5-11H,1-4H3,(H,22,25)(H,23,26). The van der Waals surface area contributed by atoms with Crippen LogP contribution < -0.4 is 10.6 Å². The van der Waals surface area contributed by atoms with Crippen LogP contribution in [0.2, 0.25) is 5.02 Å². The van der Waals surface area contributed by atoms with Crippen LogP contribution in [0.4, 0.5) is 11.4 Å². The van der Waals surface area contributed by atoms with Crippen molar-refractivity contribution in [2.24, 2.45) is 5.41 Å². The fourth-order valence-corrected chi connectivity index (χ4v) is 2.46. The minimum Gasteiger partial charge on any atom is -0.465 e. The number of ether oxygens (including phenoxy) is 1. The molecule has 0 aliphatic rings. The zero-order valence-corrected chi connectivity index (χ0v) is 16.3. The summed E-state index contributed by atoms with van der Waals surface area (Å²) >= 11 is 6.07. The first-order valence-corrected chi connectivity index (χ1v) is 8.61. The van der Waals surface area contributed by atoms with Gasteiger partial charge in [0.1, 0.15) is 5.41 Å². The number of anilines is 2. The molecule has 7 heteroatoms. The number of amides is 2. The van der Waals surface area contributed by atoms with Gasteiger partial charge in [-0.3, -0.25) is 9.59 Å². The number of methoxy groups -OCH3 is 1. The van der Waals surface area contributed by atoms with E-state index in [4.69, 9.17) is 16.3 Å². The van der Waals surface area contributed by atoms with Crippen molar-refractivity contribution in [1.82, 2.24) is 0 Å². The minimum absolute atomic E-state index is 0.204. The van der Waals surface area contributed by atoms with Gasteiger partial charge in [-0.2, -0.15) is 0 Å². The molecule has 2 aromatic carbocycles. The van der Waals surface area contributed by atoms with Crippen molar-refractivity contribution in [2.75, 3.05) is 17.7 Å². The van der Waals surface area contributed by atoms with Crippen LogP contribution in [0.5, 0.6) is 0 Å². The monoisotopic (exact) mass is 388 g/mol. The van der Waals surface area contributed by atoms with E-state index < -0.39 is 23.2 Å². The molecule has 27 heavy (non-hydrogen) atoms. The highest BCUT2D eigenvalue weighted by molar-refractivity contribution is 6.31. The SMILES string of the molecule is COC(=O)c1ccccc1NC(=O)C(C)(C)C(=O)Nc1cccc(Cl)c1C. The van der Waals surface area contributed by atoms with E-state index in [1.165, 1.54) is 27.0 Å². The number of esters is 1. The first kappa shape index (κ1) is 20.5. The summed E-state index contributed by atoms with van der Waals surface area (Å²) in [5.74, 6) is -1.64. The fraction of sp³-hybridized carbons (Fsp3) is 0.250. The summed E-state index contributed by atoms with van der Waals surface area (Å²) in [5.41, 5.74) is 0.311. The smallest absolute Gasteiger partial charge is 0.339 e. The second-order valence-electron chi connectivity index (χ2n) is 6.48. The highest BCUT2D eigenvalue weighted by Gasteiger charge is 2.37. The highest BCUT2D eigenvalue weighted by atomic mass is 35.5. The van der Waals surface area contributed by atoms with Crippen molar-refractivity contribution in [2.45, 2.75) is 20.8 Å². The molecule has 0 saturated heterocycles. The third-order valence-electron chi connectivity index (χ3n) is 4.23. The van der Waals surface area contributed by atoms with Gasteiger partial charge >= 0.3 is 5.97 Å². The number of rotatable bonds is 5. The first-order valence-electron chi connectivity index (χ1n) is 8.24. The van der Waals surface area contributed by atoms with E-state index in [-0.39, 0.29) is 11.3 Å². The van der Waals surface area contributed by atoms with Gasteiger partial charge in [0.05, 0.1) is 18.4 Å². The maximum atomic E-state index is 12.7. The van der Waals surface area contributed by atoms with Crippen LogP contribution in [0.25, 0.3) is 0 Å². The van der Waals surface area contributed by atoms with Crippen molar-refractivity contribution in [1.29, 1.82) is 0 Å². The third-order valence-corrected chi connectivity index (χ3v) is 4.64. The van der Waals surface area contributed by atoms with Gasteiger partial charge in [-0.05, 0) is 50.6 Å². The van der Waals surface area contributed by atoms with E-state index in [0.29, 0.717) is 16.3 Å². The van der Waals surface area contributed by atoms with E-state index in [0.717, 1.165) is 0 Å². The molecule has 6 nitrogen and oxygen atoms in total. The van der Waals surface area contributed by atoms with Gasteiger partial charge in [0, 0.05) is 10.7 Å². The predicted octanol–water partition coefficient (Wildman–Crippen LogP) is 4.04. The molecule has 0 aliphatic carbocycles. The van der Waals surface area contributed by atoms with Crippen molar-refractivity contribution in [3.05, 3.63) is 58.6 Å². The number of hydrogen-bond acceptors (Lipinski definition) is 4. The number of carbonyl (C=O) groups is 3. The van der Waals surface area contributed by atoms with Gasteiger partial charge < -0.3 is 15.4 Å². The number of benzene rings is 2. The Morgan fingerprint density at radius 2 is 1.48 bits per heavy atom. The summed E-state index contributed by atoms with van der Waals surface area (Å²) < 4.78 is 4.71. The van der Waals surface area contributed by atoms with Crippen molar-refractivity contribution in [3.8, 4) is 0 Å². The van der Waals surface area contributed by atoms with Crippen LogP contribution in [0, 0.1) is 12.3 Å². The number of para-hydroxylation sites is 1. The maximum Gasteiger partial charge on any atom is 0.339 e. The zero-order chi connectivity index (χ0) is 20.2. The number of halogens is 1. The molecule has 0 fully saturated rings. The molecular formula is C20H21ClN2O4. The molecule has 0 radical (unpaired) electrons. The van der Waals surface area contributed by atoms with Crippen LogP contribution >= 0.6 is 11.6 Å². The van der Waals surface area contributed by atoms with Crippen molar-refractivity contribution >= 4 is 40.8 Å². The van der Waals surface area contributed by atoms with Gasteiger partial charge in [-0.15, -0.1) is 0 Å². The summed E-state index contributed by atoms with van der Waals surface area (Å²) in [6, 6.07) is 11.6. The number of hydrogen-bond donors (Lipinski definition) is 2. The number of carbonyl (C=O) groups excluding carboxylic acids is 3. The first-order chi connectivity index (χ1) is 12.7. The summed E-state index contributed by atoms with van der Waals surface area (Å²) in [5, 5.41) is 5.88. The Bertz CT molecular complexity index is 893. The average molecular weight is 389 g/mol. The molecule has 2 rings (SSSR count). The Balaban J connectivity index is 2.21. The molecule has 2 aromatic rings. The molecule has 2 amide bonds. The second kappa shape index (κ2) is 8.22. The van der Waals surface area contributed by atoms with E-state index in [1.54, 1.807) is 43.3 Å². The maximum absolute atomic E-state index is 12.7. The average Bonchev–Trinajstić information content (AvgIpc) is 2.65. The lowest BCUT2D eigenvalue weighted by Crippen LogP contribution is -2.42. The lowest BCUT2D eigenvalue weighted by atomic mass is 9.90. The molecule has 0 aromatic heterocycles. The molecular weight excluding hydrogens is 368 g/mol. The van der Waals surface area contributed by atoms with E-state index in [2.05, 4.69) is 10.6 Å². The lowest BCUT2D eigenvalue weighted by Gasteiger charge is -2.24. The number of nitrogens with one attached hydrogen (secondary N) is 2. The molecule has 0 saturated carbocycles. The molecule has 0 unspecified atom stereocenters. The van der Waals surface area contributed by atoms with Gasteiger partial charge in [0.25, 0.3) is 0 Å². The molecule has 0 aliphatic heterocycles. The van der Waals surface area contributed by atoms with Gasteiger partial charge in [-0.1, -0.05) is 29.8 Å². The van der Waals surface area contributed by atoms with Crippen LogP contribution in [0.1, 0.15) is 29.8 Å². The van der Waals surface area contributed by atoms with Crippen LogP contribution in [0.15, 0.2) is 42.5 Å². The van der Waals surface area contributed by atoms with Crippen molar-refractivity contribution in [3.63, 3.8) is 0 Å². The quantitative estimate of drug-likeness (QED) is 0.598. The summed E-state index contributed by atoms with van der Waals surface area (Å²) in [4.78, 5) is 37.3. The van der Waals surface area contributed by atoms with E-state index in [9.17, 15) is 14.4 Å². The molecule has 0 spiro atoms. The Hall–Kier alpha value is -2.86. The molecule has 2 N–H and O–H groups in total. The van der Waals surface area contributed by atoms with Crippen LogP contribution in [-0.4, -0.2) is 24.9 Å². The Labute approximate surface area is 162 Å². The third kappa shape index (κ3) is 4.46. The van der Waals surface area contributed by atoms with E-state index >= 15 is 0 Å². The minimum atomic E-state index is -1.40. The van der Waals surface area contributed by atoms with Gasteiger partial charge in [0.2, 0.25) is 11.8 Å². The highest BCUT2D eigenvalue weighted by Crippen LogP contribution is 2.27. The Morgan fingerprint density at radius 1 is 0.926 bits per heavy atom. The lowest BCUT2D eigenvalue weighted by molar-refractivity contribution is -0.135. The zero-order valence-electron chi connectivity index (χ0n) is 15.6. The molecule has 0 heterocycles. The topological polar surface area (TPSA) is 84.5 Å². The van der Waals surface area contributed by atoms with E-state index in [1.807, 2.05) is 0 Å². The largest absolute Gasteiger partial charge is 0.465 e. The van der Waals surface area contributed by atoms with Crippen molar-refractivity contribution < 1.29 is 19.1 Å². The Morgan fingerprint density at radius 3 is 2.11 bits per heavy atom. The van der Waals surface area contributed by atoms with Crippen LogP contribution in [0.3, 0.4) is 0 Å². The van der Waals surface area contributed by atoms with Crippen LogP contribution in [-0.2, 0) is 14.3 Å². The van der Waals surface area contributed by atoms with Gasteiger partial charge in [-0.25, -0.2) is 4.79 Å². The Kier molecular flexibility index (Phi) is 6.23. The molecule has 0 bridgehead atoms. The summed E-state index contributed by atoms with van der Waals surface area (Å²) in [7, 11) is 1.26. The fourth-order valence-electron chi connectivity index (χ4n) is 2.28. The predicted molar refractivity (Wildman–Crippen MR) is 105 cm³/mol. The molecule has 142 valence electrons.